The maximum atomic E-state index is 9.50. The molecule has 0 spiro atoms. The maximum Gasteiger partial charge on any atom is 0.199 e. The van der Waals surface area contributed by atoms with Gasteiger partial charge >= 0.3 is 0 Å². The maximum absolute atomic E-state index is 9.50. The summed E-state index contributed by atoms with van der Waals surface area (Å²) in [5.41, 5.74) is -2.50. The Labute approximate surface area is 32.0 Å². The Morgan fingerprint density at radius 1 is 1.17 bits per heavy atom. The zero-order valence-electron chi connectivity index (χ0n) is 2.70. The molecule has 0 aliphatic rings. The van der Waals surface area contributed by atoms with Crippen molar-refractivity contribution in [2.45, 2.75) is 0 Å². The van der Waals surface area contributed by atoms with Gasteiger partial charge < -0.3 is 4.79 Å². The second kappa shape index (κ2) is 8.83. The van der Waals surface area contributed by atoms with Gasteiger partial charge in [-0.25, -0.2) is 0 Å². The fourth-order valence-electron chi connectivity index (χ4n) is 0. The zero-order chi connectivity index (χ0) is 5.58. The SMILES string of the molecule is C=O.FN(F)F. The first kappa shape index (κ1) is 9.05. The highest BCUT2D eigenvalue weighted by Gasteiger charge is 1.80. The van der Waals surface area contributed by atoms with E-state index in [0.29, 0.717) is 0 Å². The van der Waals surface area contributed by atoms with Crippen LogP contribution in [-0.2, 0) is 4.79 Å². The van der Waals surface area contributed by atoms with Crippen molar-refractivity contribution in [3.63, 3.8) is 0 Å². The van der Waals surface area contributed by atoms with Gasteiger partial charge in [0.2, 0.25) is 0 Å². The zero-order valence-corrected chi connectivity index (χ0v) is 2.70. The van der Waals surface area contributed by atoms with E-state index in [4.69, 9.17) is 4.79 Å². The van der Waals surface area contributed by atoms with Crippen LogP contribution in [0, 0.1) is 0 Å². The third-order valence-corrected chi connectivity index (χ3v) is 0. The predicted octanol–water partition coefficient (Wildman–Crippen LogP) is 0.757. The van der Waals surface area contributed by atoms with Gasteiger partial charge in [0.05, 0.1) is 0 Å². The molecule has 0 amide bonds. The van der Waals surface area contributed by atoms with Crippen LogP contribution in [0.5, 0.6) is 0 Å². The first-order valence-corrected chi connectivity index (χ1v) is 0.796. The number of nitrogens with zero attached hydrogens (tertiary/aromatic N) is 1. The molecule has 5 heteroatoms. The molecule has 0 unspecified atom stereocenters. The van der Waals surface area contributed by atoms with Crippen LogP contribution in [0.15, 0.2) is 0 Å². The Morgan fingerprint density at radius 3 is 1.17 bits per heavy atom. The first-order chi connectivity index (χ1) is 2.73. The minimum absolute atomic E-state index is 2.00. The first-order valence-electron chi connectivity index (χ1n) is 0.796. The number of hydrogen-bond donors (Lipinski definition) is 0. The van der Waals surface area contributed by atoms with Gasteiger partial charge in [-0.3, -0.25) is 0 Å². The van der Waals surface area contributed by atoms with E-state index in [9.17, 15) is 13.4 Å². The van der Waals surface area contributed by atoms with E-state index in [1.54, 1.807) is 0 Å². The van der Waals surface area contributed by atoms with Gasteiger partial charge in [-0.2, -0.15) is 0 Å². The van der Waals surface area contributed by atoms with Crippen molar-refractivity contribution >= 4 is 6.79 Å². The summed E-state index contributed by atoms with van der Waals surface area (Å²) in [5.74, 6) is 0. The fraction of sp³-hybridized carbons (Fsp3) is 0. The highest BCUT2D eigenvalue weighted by molar-refractivity contribution is 5.10. The summed E-state index contributed by atoms with van der Waals surface area (Å²) in [4.78, 5) is 8.00. The van der Waals surface area contributed by atoms with E-state index in [-0.39, 0.29) is 0 Å². The summed E-state index contributed by atoms with van der Waals surface area (Å²) in [6, 6.07) is 0. The minimum Gasteiger partial charge on any atom is -0.307 e. The number of hydrogen-bond acceptors (Lipinski definition) is 2. The summed E-state index contributed by atoms with van der Waals surface area (Å²) in [5, 5.41) is 0. The Bertz CT molecular complexity index is 22.0. The van der Waals surface area contributed by atoms with Crippen molar-refractivity contribution in [3.05, 3.63) is 0 Å². The Kier molecular flexibility index (Phi) is 13.3. The Balaban J connectivity index is 0. The topological polar surface area (TPSA) is 20.3 Å². The molecule has 0 aliphatic carbocycles. The predicted molar refractivity (Wildman–Crippen MR) is 12.3 cm³/mol. The lowest BCUT2D eigenvalue weighted by molar-refractivity contribution is -0.295. The third kappa shape index (κ3) is 59.5. The largest absolute Gasteiger partial charge is 0.307 e. The van der Waals surface area contributed by atoms with E-state index in [2.05, 4.69) is 0 Å². The molecular formula is CH2F3NO. The lowest BCUT2D eigenvalue weighted by Gasteiger charge is -1.67. The van der Waals surface area contributed by atoms with Crippen molar-refractivity contribution in [2.24, 2.45) is 0 Å². The highest BCUT2D eigenvalue weighted by Crippen LogP contribution is 1.82. The number of carbonyl (C=O) groups excluding carboxylic acids is 1. The van der Waals surface area contributed by atoms with Crippen molar-refractivity contribution in [1.82, 2.24) is 5.57 Å². The standard InChI is InChI=1S/CH2O.F3N/c1-2;1-4(2)3/h1H2;. The number of halogens is 3. The smallest absolute Gasteiger partial charge is 0.199 e. The average Bonchev–Trinajstić information content (AvgIpc) is 1.41. The molecule has 0 aromatic carbocycles. The molecule has 0 heterocycles. The summed E-state index contributed by atoms with van der Waals surface area (Å²) < 4.78 is 28.5. The van der Waals surface area contributed by atoms with E-state index in [1.165, 1.54) is 0 Å². The lowest BCUT2D eigenvalue weighted by atomic mass is 11.9. The number of rotatable bonds is 0. The van der Waals surface area contributed by atoms with Gasteiger partial charge in [0.1, 0.15) is 6.79 Å². The van der Waals surface area contributed by atoms with Gasteiger partial charge in [0.15, 0.2) is 5.57 Å². The molecule has 0 saturated carbocycles. The van der Waals surface area contributed by atoms with Crippen molar-refractivity contribution < 1.29 is 18.2 Å². The molecule has 2 nitrogen and oxygen atoms in total. The van der Waals surface area contributed by atoms with Gasteiger partial charge in [0.25, 0.3) is 0 Å². The van der Waals surface area contributed by atoms with Crippen LogP contribution in [0.4, 0.5) is 13.4 Å². The van der Waals surface area contributed by atoms with Crippen LogP contribution < -0.4 is 0 Å². The van der Waals surface area contributed by atoms with Crippen molar-refractivity contribution in [3.8, 4) is 0 Å². The Morgan fingerprint density at radius 2 is 1.17 bits per heavy atom. The molecule has 0 atom stereocenters. The van der Waals surface area contributed by atoms with Crippen LogP contribution in [0.25, 0.3) is 0 Å². The quantitative estimate of drug-likeness (QED) is 0.420. The summed E-state index contributed by atoms with van der Waals surface area (Å²) in [6.07, 6.45) is 0. The Hall–Kier alpha value is -0.580. The van der Waals surface area contributed by atoms with Gasteiger partial charge in [-0.15, -0.1) is 0 Å². The molecule has 0 aromatic heterocycles. The molecule has 0 N–H and O–H groups in total. The second-order valence-electron chi connectivity index (χ2n) is 0.192. The summed E-state index contributed by atoms with van der Waals surface area (Å²) >= 11 is 0. The molecule has 38 valence electrons. The lowest BCUT2D eigenvalue weighted by Crippen LogP contribution is -1.72. The second-order valence-corrected chi connectivity index (χ2v) is 0.192. The molecule has 0 aliphatic heterocycles. The molecule has 0 radical (unpaired) electrons. The highest BCUT2D eigenvalue weighted by atomic mass is 19.5. The van der Waals surface area contributed by atoms with E-state index >= 15 is 0 Å². The van der Waals surface area contributed by atoms with Gasteiger partial charge in [-0.1, -0.05) is 13.4 Å². The average molecular weight is 101 g/mol. The minimum atomic E-state index is -2.50. The van der Waals surface area contributed by atoms with Gasteiger partial charge in [0, 0.05) is 0 Å². The van der Waals surface area contributed by atoms with Crippen LogP contribution >= 0.6 is 0 Å². The molecular weight excluding hydrogens is 99.0 g/mol. The van der Waals surface area contributed by atoms with Crippen LogP contribution in [0.2, 0.25) is 0 Å². The van der Waals surface area contributed by atoms with E-state index in [0.717, 1.165) is 0 Å². The van der Waals surface area contributed by atoms with Crippen LogP contribution in [0.3, 0.4) is 0 Å². The molecule has 0 bridgehead atoms. The van der Waals surface area contributed by atoms with Crippen LogP contribution in [0.1, 0.15) is 0 Å². The fourth-order valence-corrected chi connectivity index (χ4v) is 0. The van der Waals surface area contributed by atoms with E-state index in [1.807, 2.05) is 6.79 Å². The van der Waals surface area contributed by atoms with Gasteiger partial charge in [-0.05, 0) is 0 Å². The molecule has 0 aromatic rings. The summed E-state index contributed by atoms with van der Waals surface area (Å²) in [7, 11) is 0. The molecule has 0 rings (SSSR count). The molecule has 0 saturated heterocycles. The number of carbonyl (C=O) groups is 1. The molecule has 0 fully saturated rings. The van der Waals surface area contributed by atoms with Crippen molar-refractivity contribution in [1.29, 1.82) is 0 Å². The van der Waals surface area contributed by atoms with E-state index < -0.39 is 5.57 Å². The molecule has 6 heavy (non-hydrogen) atoms. The van der Waals surface area contributed by atoms with Crippen LogP contribution in [-0.4, -0.2) is 12.4 Å². The normalized spacial score (nSPS) is 6.67. The monoisotopic (exact) mass is 101 g/mol. The third-order valence-electron chi connectivity index (χ3n) is 0. The van der Waals surface area contributed by atoms with Crippen molar-refractivity contribution in [2.75, 3.05) is 0 Å². The summed E-state index contributed by atoms with van der Waals surface area (Å²) in [6.45, 7) is 2.00.